The molecule has 0 aliphatic carbocycles. The molecule has 0 aliphatic heterocycles. The summed E-state index contributed by atoms with van der Waals surface area (Å²) < 4.78 is 0. The molecule has 18 heavy (non-hydrogen) atoms. The second kappa shape index (κ2) is 4.93. The van der Waals surface area contributed by atoms with Crippen LogP contribution in [0.4, 0.5) is 11.4 Å². The Morgan fingerprint density at radius 3 is 2.33 bits per heavy atom. The summed E-state index contributed by atoms with van der Waals surface area (Å²) in [5.74, 6) is 0. The number of aryl methyl sites for hydroxylation is 2. The molecular weight excluding hydrogens is 220 g/mol. The molecule has 0 radical (unpaired) electrons. The molecule has 0 spiro atoms. The Morgan fingerprint density at radius 1 is 0.944 bits per heavy atom. The van der Waals surface area contributed by atoms with Gasteiger partial charge in [-0.25, -0.2) is 0 Å². The number of nitriles is 1. The standard InChI is InChI=1S/C16H16N2/c1-11-6-5-9-15(13(11)3)18-16-12(2)7-4-8-14(16)10-17/h4-9,18H,1-3H3. The summed E-state index contributed by atoms with van der Waals surface area (Å²) in [6.45, 7) is 6.18. The van der Waals surface area contributed by atoms with E-state index in [9.17, 15) is 0 Å². The van der Waals surface area contributed by atoms with Gasteiger partial charge in [-0.15, -0.1) is 0 Å². The molecule has 0 unspecified atom stereocenters. The average Bonchev–Trinajstić information content (AvgIpc) is 2.37. The van der Waals surface area contributed by atoms with E-state index in [1.54, 1.807) is 0 Å². The third-order valence-corrected chi connectivity index (χ3v) is 3.26. The Kier molecular flexibility index (Phi) is 3.34. The normalized spacial score (nSPS) is 9.89. The molecule has 0 aliphatic rings. The Morgan fingerprint density at radius 2 is 1.61 bits per heavy atom. The topological polar surface area (TPSA) is 35.8 Å². The number of para-hydroxylation sites is 1. The number of anilines is 2. The third kappa shape index (κ3) is 2.21. The smallest absolute Gasteiger partial charge is 0.101 e. The van der Waals surface area contributed by atoms with Crippen LogP contribution in [0.2, 0.25) is 0 Å². The zero-order valence-corrected chi connectivity index (χ0v) is 10.9. The Labute approximate surface area is 108 Å². The lowest BCUT2D eigenvalue weighted by atomic mass is 10.1. The number of benzene rings is 2. The van der Waals surface area contributed by atoms with E-state index in [-0.39, 0.29) is 0 Å². The van der Waals surface area contributed by atoms with Crippen molar-refractivity contribution in [2.45, 2.75) is 20.8 Å². The van der Waals surface area contributed by atoms with Crippen LogP contribution < -0.4 is 5.32 Å². The van der Waals surface area contributed by atoms with Gasteiger partial charge in [0.1, 0.15) is 6.07 Å². The highest BCUT2D eigenvalue weighted by atomic mass is 14.9. The van der Waals surface area contributed by atoms with Gasteiger partial charge >= 0.3 is 0 Å². The minimum atomic E-state index is 0.677. The van der Waals surface area contributed by atoms with E-state index in [4.69, 9.17) is 5.26 Å². The van der Waals surface area contributed by atoms with Crippen LogP contribution in [0.1, 0.15) is 22.3 Å². The largest absolute Gasteiger partial charge is 0.354 e. The van der Waals surface area contributed by atoms with Gasteiger partial charge in [-0.2, -0.15) is 5.26 Å². The first kappa shape index (κ1) is 12.2. The van der Waals surface area contributed by atoms with Crippen molar-refractivity contribution in [2.75, 3.05) is 5.32 Å². The lowest BCUT2D eigenvalue weighted by Crippen LogP contribution is -1.99. The molecule has 1 N–H and O–H groups in total. The second-order valence-corrected chi connectivity index (χ2v) is 4.48. The lowest BCUT2D eigenvalue weighted by Gasteiger charge is -2.14. The molecule has 0 saturated carbocycles. The fourth-order valence-corrected chi connectivity index (χ4v) is 1.95. The molecule has 2 heteroatoms. The summed E-state index contributed by atoms with van der Waals surface area (Å²) in [6, 6.07) is 14.1. The van der Waals surface area contributed by atoms with Crippen molar-refractivity contribution >= 4 is 11.4 Å². The molecule has 0 bridgehead atoms. The van der Waals surface area contributed by atoms with Crippen LogP contribution in [-0.2, 0) is 0 Å². The zero-order valence-electron chi connectivity index (χ0n) is 10.9. The predicted molar refractivity (Wildman–Crippen MR) is 75.1 cm³/mol. The molecule has 0 heterocycles. The SMILES string of the molecule is Cc1cccc(Nc2c(C)cccc2C#N)c1C. The average molecular weight is 236 g/mol. The second-order valence-electron chi connectivity index (χ2n) is 4.48. The maximum atomic E-state index is 9.15. The first-order valence-corrected chi connectivity index (χ1v) is 5.96. The van der Waals surface area contributed by atoms with Crippen molar-refractivity contribution in [3.05, 3.63) is 58.7 Å². The zero-order chi connectivity index (χ0) is 13.1. The van der Waals surface area contributed by atoms with Gasteiger partial charge in [-0.05, 0) is 49.6 Å². The van der Waals surface area contributed by atoms with Gasteiger partial charge in [0, 0.05) is 5.69 Å². The maximum Gasteiger partial charge on any atom is 0.101 e. The predicted octanol–water partition coefficient (Wildman–Crippen LogP) is 4.23. The fourth-order valence-electron chi connectivity index (χ4n) is 1.95. The molecule has 2 aromatic rings. The molecule has 0 fully saturated rings. The maximum absolute atomic E-state index is 9.15. The Bertz CT molecular complexity index is 621. The Balaban J connectivity index is 2.47. The van der Waals surface area contributed by atoms with Gasteiger partial charge in [0.15, 0.2) is 0 Å². The monoisotopic (exact) mass is 236 g/mol. The summed E-state index contributed by atoms with van der Waals surface area (Å²) in [5, 5.41) is 12.5. The molecule has 0 atom stereocenters. The molecule has 0 amide bonds. The highest BCUT2D eigenvalue weighted by Gasteiger charge is 2.07. The number of nitrogens with zero attached hydrogens (tertiary/aromatic N) is 1. The van der Waals surface area contributed by atoms with Crippen molar-refractivity contribution in [2.24, 2.45) is 0 Å². The minimum Gasteiger partial charge on any atom is -0.354 e. The number of hydrogen-bond acceptors (Lipinski definition) is 2. The van der Waals surface area contributed by atoms with E-state index < -0.39 is 0 Å². The third-order valence-electron chi connectivity index (χ3n) is 3.26. The Hall–Kier alpha value is -2.27. The van der Waals surface area contributed by atoms with Gasteiger partial charge in [-0.1, -0.05) is 24.3 Å². The van der Waals surface area contributed by atoms with Crippen LogP contribution >= 0.6 is 0 Å². The first-order chi connectivity index (χ1) is 8.63. The van der Waals surface area contributed by atoms with Crippen LogP contribution in [0, 0.1) is 32.1 Å². The quantitative estimate of drug-likeness (QED) is 0.847. The van der Waals surface area contributed by atoms with Crippen LogP contribution in [0.3, 0.4) is 0 Å². The van der Waals surface area contributed by atoms with Crippen molar-refractivity contribution in [3.63, 3.8) is 0 Å². The summed E-state index contributed by atoms with van der Waals surface area (Å²) in [6.07, 6.45) is 0. The van der Waals surface area contributed by atoms with Gasteiger partial charge < -0.3 is 5.32 Å². The van der Waals surface area contributed by atoms with E-state index in [1.807, 2.05) is 37.3 Å². The van der Waals surface area contributed by atoms with E-state index >= 15 is 0 Å². The molecule has 0 aromatic heterocycles. The van der Waals surface area contributed by atoms with Crippen molar-refractivity contribution in [1.29, 1.82) is 5.26 Å². The van der Waals surface area contributed by atoms with Crippen LogP contribution in [0.5, 0.6) is 0 Å². The molecule has 2 nitrogen and oxygen atoms in total. The highest BCUT2D eigenvalue weighted by molar-refractivity contribution is 5.72. The van der Waals surface area contributed by atoms with E-state index in [2.05, 4.69) is 31.3 Å². The molecule has 2 aromatic carbocycles. The summed E-state index contributed by atoms with van der Waals surface area (Å²) >= 11 is 0. The van der Waals surface area contributed by atoms with E-state index in [0.29, 0.717) is 5.56 Å². The fraction of sp³-hybridized carbons (Fsp3) is 0.188. The summed E-state index contributed by atoms with van der Waals surface area (Å²) in [5.41, 5.74) is 6.16. The summed E-state index contributed by atoms with van der Waals surface area (Å²) in [4.78, 5) is 0. The first-order valence-electron chi connectivity index (χ1n) is 5.96. The van der Waals surface area contributed by atoms with Gasteiger partial charge in [0.05, 0.1) is 11.3 Å². The highest BCUT2D eigenvalue weighted by Crippen LogP contribution is 2.27. The lowest BCUT2D eigenvalue weighted by molar-refractivity contribution is 1.32. The van der Waals surface area contributed by atoms with E-state index in [1.165, 1.54) is 11.1 Å². The molecular formula is C16H16N2. The molecule has 90 valence electrons. The molecule has 2 rings (SSSR count). The number of rotatable bonds is 2. The van der Waals surface area contributed by atoms with Gasteiger partial charge in [0.2, 0.25) is 0 Å². The number of hydrogen-bond donors (Lipinski definition) is 1. The molecule has 0 saturated heterocycles. The van der Waals surface area contributed by atoms with Crippen LogP contribution in [0.25, 0.3) is 0 Å². The van der Waals surface area contributed by atoms with Crippen molar-refractivity contribution in [1.82, 2.24) is 0 Å². The van der Waals surface area contributed by atoms with Crippen molar-refractivity contribution in [3.8, 4) is 6.07 Å². The van der Waals surface area contributed by atoms with Gasteiger partial charge in [-0.3, -0.25) is 0 Å². The van der Waals surface area contributed by atoms with Crippen LogP contribution in [-0.4, -0.2) is 0 Å². The van der Waals surface area contributed by atoms with E-state index in [0.717, 1.165) is 16.9 Å². The summed E-state index contributed by atoms with van der Waals surface area (Å²) in [7, 11) is 0. The van der Waals surface area contributed by atoms with Crippen molar-refractivity contribution < 1.29 is 0 Å². The van der Waals surface area contributed by atoms with Gasteiger partial charge in [0.25, 0.3) is 0 Å². The van der Waals surface area contributed by atoms with Crippen LogP contribution in [0.15, 0.2) is 36.4 Å². The number of nitrogens with one attached hydrogen (secondary N) is 1. The minimum absolute atomic E-state index is 0.677.